The van der Waals surface area contributed by atoms with Crippen molar-refractivity contribution in [3.63, 3.8) is 0 Å². The number of amides is 1. The third-order valence-electron chi connectivity index (χ3n) is 1.74. The molecule has 1 fully saturated rings. The molecule has 1 amide bonds. The lowest BCUT2D eigenvalue weighted by Gasteiger charge is -2.24. The van der Waals surface area contributed by atoms with Crippen LogP contribution in [0.1, 0.15) is 27.7 Å². The average molecular weight is 186 g/mol. The number of ether oxygens (including phenoxy) is 1. The highest BCUT2D eigenvalue weighted by atomic mass is 16.6. The zero-order valence-electron chi connectivity index (χ0n) is 8.76. The Morgan fingerprint density at radius 1 is 1.54 bits per heavy atom. The van der Waals surface area contributed by atoms with Gasteiger partial charge >= 0.3 is 6.09 Å². The summed E-state index contributed by atoms with van der Waals surface area (Å²) in [5, 5.41) is 1.54. The summed E-state index contributed by atoms with van der Waals surface area (Å²) in [6, 6.07) is 0. The van der Waals surface area contributed by atoms with Crippen LogP contribution in [-0.4, -0.2) is 29.8 Å². The first kappa shape index (κ1) is 10.3. The van der Waals surface area contributed by atoms with Crippen molar-refractivity contribution in [2.24, 2.45) is 5.92 Å². The van der Waals surface area contributed by atoms with E-state index in [9.17, 15) is 4.79 Å². The predicted molar refractivity (Wildman–Crippen MR) is 50.1 cm³/mol. The molecule has 0 saturated carbocycles. The van der Waals surface area contributed by atoms with Crippen LogP contribution in [0.4, 0.5) is 4.79 Å². The first-order chi connectivity index (χ1) is 5.88. The van der Waals surface area contributed by atoms with E-state index >= 15 is 0 Å². The van der Waals surface area contributed by atoms with E-state index in [-0.39, 0.29) is 6.09 Å². The van der Waals surface area contributed by atoms with Crippen molar-refractivity contribution in [2.75, 3.05) is 13.1 Å². The van der Waals surface area contributed by atoms with Gasteiger partial charge in [0.05, 0.1) is 0 Å². The molecule has 0 spiro atoms. The Hall–Kier alpha value is -0.770. The van der Waals surface area contributed by atoms with Crippen LogP contribution < -0.4 is 5.43 Å². The van der Waals surface area contributed by atoms with E-state index in [1.807, 2.05) is 20.8 Å². The maximum absolute atomic E-state index is 11.4. The Labute approximate surface area is 79.2 Å². The van der Waals surface area contributed by atoms with Crippen molar-refractivity contribution in [1.82, 2.24) is 10.4 Å². The minimum Gasteiger partial charge on any atom is -0.443 e. The lowest BCUT2D eigenvalue weighted by molar-refractivity contribution is 0.0206. The van der Waals surface area contributed by atoms with E-state index in [1.165, 1.54) is 5.01 Å². The van der Waals surface area contributed by atoms with Gasteiger partial charge in [0.1, 0.15) is 5.60 Å². The maximum atomic E-state index is 11.4. The first-order valence-corrected chi connectivity index (χ1v) is 4.62. The maximum Gasteiger partial charge on any atom is 0.424 e. The van der Waals surface area contributed by atoms with Crippen LogP contribution in [0, 0.1) is 5.92 Å². The Balaban J connectivity index is 2.41. The van der Waals surface area contributed by atoms with Gasteiger partial charge in [-0.25, -0.2) is 15.2 Å². The Bertz CT molecular complexity index is 198. The van der Waals surface area contributed by atoms with Gasteiger partial charge in [0.2, 0.25) is 0 Å². The molecule has 1 aliphatic heterocycles. The van der Waals surface area contributed by atoms with E-state index in [0.29, 0.717) is 5.92 Å². The Morgan fingerprint density at radius 3 is 2.54 bits per heavy atom. The lowest BCUT2D eigenvalue weighted by atomic mass is 10.2. The molecule has 1 N–H and O–H groups in total. The molecule has 1 aliphatic rings. The molecule has 0 bridgehead atoms. The molecule has 1 rings (SSSR count). The fraction of sp³-hybridized carbons (Fsp3) is 0.889. The van der Waals surface area contributed by atoms with Gasteiger partial charge in [-0.15, -0.1) is 0 Å². The summed E-state index contributed by atoms with van der Waals surface area (Å²) in [5.74, 6) is 0.507. The minimum absolute atomic E-state index is 0.281. The molecule has 1 atom stereocenters. The topological polar surface area (TPSA) is 41.6 Å². The smallest absolute Gasteiger partial charge is 0.424 e. The van der Waals surface area contributed by atoms with Gasteiger partial charge in [0.15, 0.2) is 0 Å². The number of carbonyl (C=O) groups excluding carboxylic acids is 1. The molecule has 0 unspecified atom stereocenters. The summed E-state index contributed by atoms with van der Waals surface area (Å²) in [7, 11) is 0. The molecule has 4 nitrogen and oxygen atoms in total. The average Bonchev–Trinajstić information content (AvgIpc) is 2.31. The van der Waals surface area contributed by atoms with Crippen LogP contribution in [-0.2, 0) is 4.74 Å². The van der Waals surface area contributed by atoms with E-state index < -0.39 is 5.60 Å². The van der Waals surface area contributed by atoms with Crippen LogP contribution >= 0.6 is 0 Å². The zero-order chi connectivity index (χ0) is 10.1. The SMILES string of the molecule is C[C@@H]1CNN(C(=O)OC(C)(C)C)C1. The summed E-state index contributed by atoms with van der Waals surface area (Å²) in [6.07, 6.45) is -0.281. The lowest BCUT2D eigenvalue weighted by Crippen LogP contribution is -2.40. The van der Waals surface area contributed by atoms with Gasteiger partial charge in [0.25, 0.3) is 0 Å². The van der Waals surface area contributed by atoms with Gasteiger partial charge in [-0.2, -0.15) is 0 Å². The summed E-state index contributed by atoms with van der Waals surface area (Å²) >= 11 is 0. The van der Waals surface area contributed by atoms with E-state index in [4.69, 9.17) is 4.74 Å². The number of hydrogen-bond donors (Lipinski definition) is 1. The molecular formula is C9H18N2O2. The molecule has 0 aromatic heterocycles. The van der Waals surface area contributed by atoms with E-state index in [2.05, 4.69) is 12.3 Å². The Kier molecular flexibility index (Phi) is 2.81. The van der Waals surface area contributed by atoms with Crippen LogP contribution in [0.25, 0.3) is 0 Å². The summed E-state index contributed by atoms with van der Waals surface area (Å²) in [4.78, 5) is 11.4. The normalized spacial score (nSPS) is 23.4. The largest absolute Gasteiger partial charge is 0.443 e. The number of carbonyl (C=O) groups is 1. The van der Waals surface area contributed by atoms with Gasteiger partial charge in [0, 0.05) is 13.1 Å². The molecule has 13 heavy (non-hydrogen) atoms. The van der Waals surface area contributed by atoms with Gasteiger partial charge in [-0.1, -0.05) is 6.92 Å². The van der Waals surface area contributed by atoms with Crippen LogP contribution in [0.5, 0.6) is 0 Å². The number of rotatable bonds is 0. The molecule has 0 aliphatic carbocycles. The zero-order valence-corrected chi connectivity index (χ0v) is 8.76. The number of nitrogens with one attached hydrogen (secondary N) is 1. The van der Waals surface area contributed by atoms with E-state index in [0.717, 1.165) is 13.1 Å². The van der Waals surface area contributed by atoms with E-state index in [1.54, 1.807) is 0 Å². The molecule has 0 aromatic carbocycles. The summed E-state index contributed by atoms with van der Waals surface area (Å²) in [5.41, 5.74) is 2.58. The molecule has 1 heterocycles. The molecule has 1 saturated heterocycles. The van der Waals surface area contributed by atoms with Gasteiger partial charge < -0.3 is 4.74 Å². The van der Waals surface area contributed by atoms with Gasteiger partial charge in [-0.3, -0.25) is 0 Å². The first-order valence-electron chi connectivity index (χ1n) is 4.62. The fourth-order valence-corrected chi connectivity index (χ4v) is 1.16. The van der Waals surface area contributed by atoms with Crippen LogP contribution in [0.15, 0.2) is 0 Å². The van der Waals surface area contributed by atoms with Crippen molar-refractivity contribution in [2.45, 2.75) is 33.3 Å². The quantitative estimate of drug-likeness (QED) is 0.621. The third-order valence-corrected chi connectivity index (χ3v) is 1.74. The molecule has 4 heteroatoms. The van der Waals surface area contributed by atoms with Gasteiger partial charge in [-0.05, 0) is 26.7 Å². The van der Waals surface area contributed by atoms with Crippen molar-refractivity contribution in [1.29, 1.82) is 0 Å². The summed E-state index contributed by atoms with van der Waals surface area (Å²) < 4.78 is 5.19. The monoisotopic (exact) mass is 186 g/mol. The highest BCUT2D eigenvalue weighted by Crippen LogP contribution is 2.12. The molecular weight excluding hydrogens is 168 g/mol. The number of hydrogen-bond acceptors (Lipinski definition) is 3. The minimum atomic E-state index is -0.412. The highest BCUT2D eigenvalue weighted by molar-refractivity contribution is 5.67. The molecule has 0 radical (unpaired) electrons. The second kappa shape index (κ2) is 3.54. The molecule has 76 valence electrons. The second-order valence-electron chi connectivity index (χ2n) is 4.56. The standard InChI is InChI=1S/C9H18N2O2/c1-7-5-10-11(6-7)8(12)13-9(2,3)4/h7,10H,5-6H2,1-4H3/t7-/m1/s1. The van der Waals surface area contributed by atoms with Crippen molar-refractivity contribution >= 4 is 6.09 Å². The molecule has 0 aromatic rings. The predicted octanol–water partition coefficient (Wildman–Crippen LogP) is 1.38. The third kappa shape index (κ3) is 3.22. The van der Waals surface area contributed by atoms with Crippen molar-refractivity contribution in [3.8, 4) is 0 Å². The number of nitrogens with zero attached hydrogens (tertiary/aromatic N) is 1. The Morgan fingerprint density at radius 2 is 2.15 bits per heavy atom. The van der Waals surface area contributed by atoms with Crippen LogP contribution in [0.2, 0.25) is 0 Å². The van der Waals surface area contributed by atoms with Crippen molar-refractivity contribution < 1.29 is 9.53 Å². The second-order valence-corrected chi connectivity index (χ2v) is 4.56. The number of hydrazine groups is 1. The summed E-state index contributed by atoms with van der Waals surface area (Å²) in [6.45, 7) is 9.27. The fourth-order valence-electron chi connectivity index (χ4n) is 1.16. The van der Waals surface area contributed by atoms with Crippen molar-refractivity contribution in [3.05, 3.63) is 0 Å². The highest BCUT2D eigenvalue weighted by Gasteiger charge is 2.27. The van der Waals surface area contributed by atoms with Crippen LogP contribution in [0.3, 0.4) is 0 Å².